The van der Waals surface area contributed by atoms with Gasteiger partial charge in [0.2, 0.25) is 0 Å². The van der Waals surface area contributed by atoms with Crippen LogP contribution in [0.4, 0.5) is 5.69 Å². The summed E-state index contributed by atoms with van der Waals surface area (Å²) < 4.78 is 0. The van der Waals surface area contributed by atoms with Crippen molar-refractivity contribution in [2.24, 2.45) is 4.99 Å². The van der Waals surface area contributed by atoms with Gasteiger partial charge < -0.3 is 20.9 Å². The fourth-order valence-corrected chi connectivity index (χ4v) is 3.79. The van der Waals surface area contributed by atoms with Gasteiger partial charge in [-0.2, -0.15) is 0 Å². The van der Waals surface area contributed by atoms with Gasteiger partial charge in [0, 0.05) is 50.5 Å². The van der Waals surface area contributed by atoms with Crippen LogP contribution in [0.15, 0.2) is 59.6 Å². The van der Waals surface area contributed by atoms with Crippen LogP contribution in [-0.4, -0.2) is 51.1 Å². The predicted molar refractivity (Wildman–Crippen MR) is 140 cm³/mol. The van der Waals surface area contributed by atoms with Gasteiger partial charge >= 0.3 is 0 Å². The number of nitrogens with zero attached hydrogens (tertiary/aromatic N) is 2. The zero-order valence-corrected chi connectivity index (χ0v) is 20.8. The first-order valence-corrected chi connectivity index (χ1v) is 10.9. The average Bonchev–Trinajstić information content (AvgIpc) is 2.79. The Morgan fingerprint density at radius 3 is 2.71 bits per heavy atom. The summed E-state index contributed by atoms with van der Waals surface area (Å²) in [6.07, 6.45) is 3.10. The topological polar surface area (TPSA) is 68.8 Å². The number of nitrogens with one attached hydrogen (secondary N) is 3. The molecule has 1 aliphatic rings. The molecule has 1 unspecified atom stereocenters. The second kappa shape index (κ2) is 13.2. The first-order chi connectivity index (χ1) is 14.7. The third kappa shape index (κ3) is 7.72. The molecule has 6 nitrogen and oxygen atoms in total. The zero-order valence-electron chi connectivity index (χ0n) is 18.4. The standard InChI is InChI=1S/C24H33N5O.HI/c1-3-26-24(27-15-14-19-9-7-10-20(17-19)23(30)25-2)28-21-11-8-16-29(18-21)22-12-5-4-6-13-22;/h4-7,9-10,12-13,17,21H,3,8,11,14-16,18H2,1-2H3,(H,25,30)(H2,26,27,28);1H. The summed E-state index contributed by atoms with van der Waals surface area (Å²) in [5.74, 6) is 0.801. The van der Waals surface area contributed by atoms with E-state index in [-0.39, 0.29) is 29.9 Å². The number of amides is 1. The van der Waals surface area contributed by atoms with Gasteiger partial charge in [-0.25, -0.2) is 0 Å². The minimum absolute atomic E-state index is 0. The summed E-state index contributed by atoms with van der Waals surface area (Å²) in [5, 5.41) is 9.65. The Balaban J connectivity index is 0.00000341. The number of carbonyl (C=O) groups excluding carboxylic acids is 1. The van der Waals surface area contributed by atoms with Gasteiger partial charge in [0.25, 0.3) is 5.91 Å². The Hall–Kier alpha value is -2.29. The molecular weight excluding hydrogens is 501 g/mol. The molecular formula is C24H34IN5O. The van der Waals surface area contributed by atoms with Crippen LogP contribution >= 0.6 is 24.0 Å². The molecule has 31 heavy (non-hydrogen) atoms. The van der Waals surface area contributed by atoms with Crippen molar-refractivity contribution >= 4 is 41.5 Å². The second-order valence-corrected chi connectivity index (χ2v) is 7.56. The van der Waals surface area contributed by atoms with E-state index >= 15 is 0 Å². The quantitative estimate of drug-likeness (QED) is 0.289. The molecule has 0 radical (unpaired) electrons. The lowest BCUT2D eigenvalue weighted by Gasteiger charge is -2.35. The molecule has 0 spiro atoms. The molecule has 1 amide bonds. The van der Waals surface area contributed by atoms with Crippen molar-refractivity contribution in [1.29, 1.82) is 0 Å². The predicted octanol–water partition coefficient (Wildman–Crippen LogP) is 3.43. The number of rotatable bonds is 7. The molecule has 1 fully saturated rings. The van der Waals surface area contributed by atoms with Gasteiger partial charge in [-0.05, 0) is 56.0 Å². The highest BCUT2D eigenvalue weighted by molar-refractivity contribution is 14.0. The minimum Gasteiger partial charge on any atom is -0.369 e. The SMILES string of the molecule is CCNC(=NCCc1cccc(C(=O)NC)c1)NC1CCCN(c2ccccc2)C1.I. The van der Waals surface area contributed by atoms with Crippen LogP contribution in [0.25, 0.3) is 0 Å². The van der Waals surface area contributed by atoms with Gasteiger partial charge in [-0.1, -0.05) is 30.3 Å². The lowest BCUT2D eigenvalue weighted by molar-refractivity contribution is 0.0963. The Labute approximate surface area is 202 Å². The average molecular weight is 535 g/mol. The maximum Gasteiger partial charge on any atom is 0.251 e. The van der Waals surface area contributed by atoms with Crippen LogP contribution in [0.1, 0.15) is 35.7 Å². The number of halogens is 1. The fourth-order valence-electron chi connectivity index (χ4n) is 3.79. The number of aliphatic imine (C=N–C) groups is 1. The van der Waals surface area contributed by atoms with Crippen molar-refractivity contribution in [1.82, 2.24) is 16.0 Å². The fraction of sp³-hybridized carbons (Fsp3) is 0.417. The third-order valence-corrected chi connectivity index (χ3v) is 5.31. The summed E-state index contributed by atoms with van der Waals surface area (Å²) in [7, 11) is 1.65. The normalized spacial score (nSPS) is 16.3. The molecule has 0 aromatic heterocycles. The molecule has 2 aromatic carbocycles. The summed E-state index contributed by atoms with van der Waals surface area (Å²) in [6.45, 7) is 5.65. The Morgan fingerprint density at radius 1 is 1.16 bits per heavy atom. The summed E-state index contributed by atoms with van der Waals surface area (Å²) in [4.78, 5) is 19.0. The van der Waals surface area contributed by atoms with Gasteiger partial charge in [-0.15, -0.1) is 24.0 Å². The highest BCUT2D eigenvalue weighted by Gasteiger charge is 2.20. The molecule has 2 aromatic rings. The molecule has 0 saturated carbocycles. The van der Waals surface area contributed by atoms with Crippen molar-refractivity contribution in [2.45, 2.75) is 32.2 Å². The van der Waals surface area contributed by atoms with E-state index in [0.29, 0.717) is 18.2 Å². The van der Waals surface area contributed by atoms with Crippen molar-refractivity contribution in [2.75, 3.05) is 38.1 Å². The van der Waals surface area contributed by atoms with Crippen molar-refractivity contribution in [3.05, 3.63) is 65.7 Å². The van der Waals surface area contributed by atoms with Gasteiger partial charge in [0.05, 0.1) is 0 Å². The summed E-state index contributed by atoms with van der Waals surface area (Å²) in [5.41, 5.74) is 3.08. The highest BCUT2D eigenvalue weighted by atomic mass is 127. The number of benzene rings is 2. The van der Waals surface area contributed by atoms with Crippen LogP contribution in [0.2, 0.25) is 0 Å². The number of para-hydroxylation sites is 1. The van der Waals surface area contributed by atoms with Gasteiger partial charge in [0.15, 0.2) is 5.96 Å². The highest BCUT2D eigenvalue weighted by Crippen LogP contribution is 2.19. The Bertz CT molecular complexity index is 843. The maximum atomic E-state index is 11.8. The smallest absolute Gasteiger partial charge is 0.251 e. The van der Waals surface area contributed by atoms with Gasteiger partial charge in [0.1, 0.15) is 0 Å². The van der Waals surface area contributed by atoms with E-state index < -0.39 is 0 Å². The number of guanidine groups is 1. The number of piperidine rings is 1. The summed E-state index contributed by atoms with van der Waals surface area (Å²) >= 11 is 0. The second-order valence-electron chi connectivity index (χ2n) is 7.56. The molecule has 168 valence electrons. The maximum absolute atomic E-state index is 11.8. The summed E-state index contributed by atoms with van der Waals surface area (Å²) in [6, 6.07) is 18.7. The molecule has 3 rings (SSSR count). The van der Waals surface area contributed by atoms with E-state index in [4.69, 9.17) is 4.99 Å². The van der Waals surface area contributed by atoms with Crippen LogP contribution < -0.4 is 20.9 Å². The lowest BCUT2D eigenvalue weighted by atomic mass is 10.0. The Morgan fingerprint density at radius 2 is 1.97 bits per heavy atom. The molecule has 3 N–H and O–H groups in total. The van der Waals surface area contributed by atoms with Crippen molar-refractivity contribution in [3.63, 3.8) is 0 Å². The molecule has 0 aliphatic carbocycles. The van der Waals surface area contributed by atoms with Crippen LogP contribution in [0.3, 0.4) is 0 Å². The van der Waals surface area contributed by atoms with Crippen LogP contribution in [0, 0.1) is 0 Å². The number of anilines is 1. The number of carbonyl (C=O) groups is 1. The molecule has 7 heteroatoms. The monoisotopic (exact) mass is 535 g/mol. The first kappa shape index (κ1) is 25.0. The van der Waals surface area contributed by atoms with Gasteiger partial charge in [-0.3, -0.25) is 9.79 Å². The van der Waals surface area contributed by atoms with E-state index in [0.717, 1.165) is 50.4 Å². The third-order valence-electron chi connectivity index (χ3n) is 5.31. The molecule has 0 bridgehead atoms. The van der Waals surface area contributed by atoms with Crippen LogP contribution in [0.5, 0.6) is 0 Å². The Kier molecular flexibility index (Phi) is 10.6. The number of hydrogen-bond donors (Lipinski definition) is 3. The largest absolute Gasteiger partial charge is 0.369 e. The van der Waals surface area contributed by atoms with Crippen molar-refractivity contribution in [3.8, 4) is 0 Å². The molecule has 1 atom stereocenters. The van der Waals surface area contributed by atoms with E-state index in [1.54, 1.807) is 7.05 Å². The molecule has 1 aliphatic heterocycles. The van der Waals surface area contributed by atoms with Crippen molar-refractivity contribution < 1.29 is 4.79 Å². The van der Waals surface area contributed by atoms with E-state index in [1.165, 1.54) is 5.69 Å². The first-order valence-electron chi connectivity index (χ1n) is 10.9. The van der Waals surface area contributed by atoms with Crippen LogP contribution in [-0.2, 0) is 6.42 Å². The van der Waals surface area contributed by atoms with E-state index in [9.17, 15) is 4.79 Å². The van der Waals surface area contributed by atoms with E-state index in [2.05, 4.69) is 58.1 Å². The molecule has 1 saturated heterocycles. The number of hydrogen-bond acceptors (Lipinski definition) is 3. The molecule has 1 heterocycles. The van der Waals surface area contributed by atoms with E-state index in [1.807, 2.05) is 24.3 Å². The zero-order chi connectivity index (χ0) is 21.2. The lowest BCUT2D eigenvalue weighted by Crippen LogP contribution is -2.51. The minimum atomic E-state index is -0.0596.